The van der Waals surface area contributed by atoms with E-state index in [-0.39, 0.29) is 0 Å². The summed E-state index contributed by atoms with van der Waals surface area (Å²) in [4.78, 5) is 6.89. The number of aromatic nitrogens is 1. The highest BCUT2D eigenvalue weighted by Crippen LogP contribution is 2.32. The Morgan fingerprint density at radius 1 is 1.32 bits per heavy atom. The Kier molecular flexibility index (Phi) is 2.88. The molecule has 102 valence electrons. The van der Waals surface area contributed by atoms with E-state index in [2.05, 4.69) is 30.7 Å². The molecule has 0 saturated carbocycles. The van der Waals surface area contributed by atoms with Crippen LogP contribution in [0.25, 0.3) is 11.1 Å². The lowest BCUT2D eigenvalue weighted by atomic mass is 9.86. The predicted molar refractivity (Wildman–Crippen MR) is 78.2 cm³/mol. The Balaban J connectivity index is 1.98. The summed E-state index contributed by atoms with van der Waals surface area (Å²) in [5, 5.41) is 0. The second-order valence-electron chi connectivity index (χ2n) is 5.93. The molecular weight excluding hydrogens is 238 g/mol. The molecule has 4 heteroatoms. The molecule has 4 nitrogen and oxygen atoms in total. The van der Waals surface area contributed by atoms with Crippen LogP contribution in [-0.4, -0.2) is 17.6 Å². The molecule has 1 fully saturated rings. The zero-order valence-electron chi connectivity index (χ0n) is 11.8. The van der Waals surface area contributed by atoms with Crippen LogP contribution in [0.15, 0.2) is 22.6 Å². The molecule has 19 heavy (non-hydrogen) atoms. The summed E-state index contributed by atoms with van der Waals surface area (Å²) in [7, 11) is 0. The highest BCUT2D eigenvalue weighted by molar-refractivity contribution is 5.78. The number of nitrogens with two attached hydrogens (primary N) is 1. The second-order valence-corrected chi connectivity index (χ2v) is 5.93. The molecule has 1 aromatic heterocycles. The van der Waals surface area contributed by atoms with Crippen molar-refractivity contribution in [2.75, 3.05) is 17.2 Å². The molecule has 1 aliphatic heterocycles. The van der Waals surface area contributed by atoms with Gasteiger partial charge in [-0.3, -0.25) is 0 Å². The zero-order chi connectivity index (χ0) is 13.6. The summed E-state index contributed by atoms with van der Waals surface area (Å²) in [6, 6.07) is 6.81. The Morgan fingerprint density at radius 3 is 2.89 bits per heavy atom. The van der Waals surface area contributed by atoms with Gasteiger partial charge in [-0.05, 0) is 37.3 Å². The monoisotopic (exact) mass is 259 g/mol. The fourth-order valence-electron chi connectivity index (χ4n) is 3.02. The minimum absolute atomic E-state index is 0.460. The molecule has 2 heterocycles. The molecule has 0 amide bonds. The fourth-order valence-corrected chi connectivity index (χ4v) is 3.02. The third-order valence-corrected chi connectivity index (χ3v) is 4.24. The van der Waals surface area contributed by atoms with Gasteiger partial charge in [-0.15, -0.1) is 0 Å². The van der Waals surface area contributed by atoms with Crippen molar-refractivity contribution in [1.82, 2.24) is 4.98 Å². The molecule has 0 aliphatic carbocycles. The highest BCUT2D eigenvalue weighted by Gasteiger charge is 2.31. The first-order chi connectivity index (χ1) is 9.04. The van der Waals surface area contributed by atoms with Gasteiger partial charge in [-0.2, -0.15) is 4.98 Å². The van der Waals surface area contributed by atoms with Crippen LogP contribution in [0.5, 0.6) is 0 Å². The fraction of sp³-hybridized carbons (Fsp3) is 0.533. The van der Waals surface area contributed by atoms with Gasteiger partial charge in [0.2, 0.25) is 0 Å². The number of benzene rings is 1. The van der Waals surface area contributed by atoms with Gasteiger partial charge in [0, 0.05) is 24.3 Å². The van der Waals surface area contributed by atoms with Crippen LogP contribution in [0.4, 0.5) is 11.7 Å². The number of rotatable bonds is 1. The van der Waals surface area contributed by atoms with Crippen molar-refractivity contribution in [3.63, 3.8) is 0 Å². The second kappa shape index (κ2) is 4.44. The van der Waals surface area contributed by atoms with Gasteiger partial charge in [0.1, 0.15) is 5.52 Å². The maximum absolute atomic E-state index is 5.89. The average molecular weight is 259 g/mol. The highest BCUT2D eigenvalue weighted by atomic mass is 16.4. The minimum atomic E-state index is 0.460. The van der Waals surface area contributed by atoms with Gasteiger partial charge in [0.15, 0.2) is 5.58 Å². The molecule has 0 radical (unpaired) electrons. The average Bonchev–Trinajstić information content (AvgIpc) is 2.76. The van der Waals surface area contributed by atoms with E-state index in [9.17, 15) is 0 Å². The Morgan fingerprint density at radius 2 is 2.11 bits per heavy atom. The first-order valence-corrected chi connectivity index (χ1v) is 6.97. The summed E-state index contributed by atoms with van der Waals surface area (Å²) < 4.78 is 5.89. The van der Waals surface area contributed by atoms with Crippen molar-refractivity contribution in [3.8, 4) is 0 Å². The van der Waals surface area contributed by atoms with E-state index in [1.165, 1.54) is 6.42 Å². The summed E-state index contributed by atoms with van der Waals surface area (Å²) in [5.74, 6) is 1.33. The topological polar surface area (TPSA) is 55.3 Å². The smallest absolute Gasteiger partial charge is 0.298 e. The third-order valence-electron chi connectivity index (χ3n) is 4.24. The van der Waals surface area contributed by atoms with Crippen LogP contribution in [0, 0.1) is 11.8 Å². The Labute approximate surface area is 113 Å². The number of hydrogen-bond acceptors (Lipinski definition) is 4. The Bertz CT molecular complexity index is 592. The molecular formula is C15H21N3O. The number of hydrogen-bond donors (Lipinski definition) is 1. The first-order valence-electron chi connectivity index (χ1n) is 6.97. The standard InChI is InChI=1S/C15H21N3O/c1-9-6-10(2)11(3)18(8-9)15-17-13-5-4-12(16)7-14(13)19-15/h4-5,7,9-11H,6,8,16H2,1-3H3. The van der Waals surface area contributed by atoms with Crippen LogP contribution in [0.1, 0.15) is 27.2 Å². The maximum Gasteiger partial charge on any atom is 0.298 e. The summed E-state index contributed by atoms with van der Waals surface area (Å²) in [6.45, 7) is 7.84. The lowest BCUT2D eigenvalue weighted by molar-refractivity contribution is 0.285. The molecule has 3 unspecified atom stereocenters. The van der Waals surface area contributed by atoms with Crippen LogP contribution in [0.3, 0.4) is 0 Å². The summed E-state index contributed by atoms with van der Waals surface area (Å²) in [5.41, 5.74) is 8.14. The van der Waals surface area contributed by atoms with Crippen LogP contribution in [-0.2, 0) is 0 Å². The predicted octanol–water partition coefficient (Wildman–Crippen LogP) is 3.28. The number of oxazole rings is 1. The maximum atomic E-state index is 5.89. The summed E-state index contributed by atoms with van der Waals surface area (Å²) >= 11 is 0. The molecule has 3 rings (SSSR count). The molecule has 2 N–H and O–H groups in total. The van der Waals surface area contributed by atoms with Gasteiger partial charge in [-0.1, -0.05) is 13.8 Å². The van der Waals surface area contributed by atoms with E-state index in [0.29, 0.717) is 23.6 Å². The number of anilines is 2. The molecule has 0 spiro atoms. The van der Waals surface area contributed by atoms with E-state index in [0.717, 1.165) is 23.7 Å². The normalized spacial score (nSPS) is 27.9. The van der Waals surface area contributed by atoms with Crippen molar-refractivity contribution in [3.05, 3.63) is 18.2 Å². The number of nitrogens with zero attached hydrogens (tertiary/aromatic N) is 2. The van der Waals surface area contributed by atoms with Gasteiger partial charge >= 0.3 is 0 Å². The molecule has 3 atom stereocenters. The summed E-state index contributed by atoms with van der Waals surface area (Å²) in [6.07, 6.45) is 1.27. The largest absolute Gasteiger partial charge is 0.423 e. The molecule has 0 bridgehead atoms. The number of fused-ring (bicyclic) bond motifs is 1. The van der Waals surface area contributed by atoms with Crippen LogP contribution >= 0.6 is 0 Å². The van der Waals surface area contributed by atoms with Crippen LogP contribution in [0.2, 0.25) is 0 Å². The van der Waals surface area contributed by atoms with E-state index in [1.807, 2.05) is 18.2 Å². The molecule has 1 aromatic carbocycles. The van der Waals surface area contributed by atoms with E-state index < -0.39 is 0 Å². The van der Waals surface area contributed by atoms with Crippen LogP contribution < -0.4 is 10.6 Å². The Hall–Kier alpha value is -1.71. The third kappa shape index (κ3) is 2.15. The van der Waals surface area contributed by atoms with Gasteiger partial charge in [-0.25, -0.2) is 0 Å². The van der Waals surface area contributed by atoms with E-state index in [4.69, 9.17) is 10.2 Å². The van der Waals surface area contributed by atoms with Crippen molar-refractivity contribution >= 4 is 22.8 Å². The van der Waals surface area contributed by atoms with Crippen molar-refractivity contribution in [2.24, 2.45) is 11.8 Å². The number of piperidine rings is 1. The van der Waals surface area contributed by atoms with E-state index in [1.54, 1.807) is 0 Å². The van der Waals surface area contributed by atoms with Crippen molar-refractivity contribution in [1.29, 1.82) is 0 Å². The molecule has 1 saturated heterocycles. The van der Waals surface area contributed by atoms with Gasteiger partial charge in [0.05, 0.1) is 0 Å². The zero-order valence-corrected chi connectivity index (χ0v) is 11.8. The van der Waals surface area contributed by atoms with Crippen molar-refractivity contribution < 1.29 is 4.42 Å². The quantitative estimate of drug-likeness (QED) is 0.798. The SMILES string of the molecule is CC1CC(C)C(C)N(c2nc3ccc(N)cc3o2)C1. The lowest BCUT2D eigenvalue weighted by Crippen LogP contribution is -2.46. The van der Waals surface area contributed by atoms with Gasteiger partial charge < -0.3 is 15.1 Å². The van der Waals surface area contributed by atoms with E-state index >= 15 is 0 Å². The van der Waals surface area contributed by atoms with Gasteiger partial charge in [0.25, 0.3) is 6.01 Å². The first kappa shape index (κ1) is 12.3. The molecule has 2 aromatic rings. The molecule has 1 aliphatic rings. The number of nitrogen functional groups attached to an aromatic ring is 1. The van der Waals surface area contributed by atoms with Crippen molar-refractivity contribution in [2.45, 2.75) is 33.2 Å². The minimum Gasteiger partial charge on any atom is -0.423 e. The lowest BCUT2D eigenvalue weighted by Gasteiger charge is -2.40.